The highest BCUT2D eigenvalue weighted by Crippen LogP contribution is 2.09. The van der Waals surface area contributed by atoms with Crippen LogP contribution in [0.1, 0.15) is 6.92 Å². The fourth-order valence-corrected chi connectivity index (χ4v) is 4.58. The molecule has 180 valence electrons. The number of hydrogen-bond donors (Lipinski definition) is 0. The maximum absolute atomic E-state index is 10.3. The Labute approximate surface area is 210 Å². The first-order valence-electron chi connectivity index (χ1n) is 12.2. The van der Waals surface area contributed by atoms with Gasteiger partial charge in [0, 0.05) is 6.92 Å². The Bertz CT molecular complexity index is 995. The summed E-state index contributed by atoms with van der Waals surface area (Å²) in [5, 5.41) is 0. The summed E-state index contributed by atoms with van der Waals surface area (Å²) in [5.74, 6) is -0.201. The van der Waals surface area contributed by atoms with Gasteiger partial charge in [-0.3, -0.25) is 4.79 Å². The molecule has 35 heavy (non-hydrogen) atoms. The van der Waals surface area contributed by atoms with Crippen LogP contribution in [0.5, 0.6) is 0 Å². The molecule has 0 aromatic heterocycles. The Hall–Kier alpha value is -3.63. The van der Waals surface area contributed by atoms with Gasteiger partial charge in [-0.15, -0.1) is 0 Å². The number of likely N-dealkylation sites (N-methyl/N-ethyl adjacent to an activating group) is 1. The third-order valence-corrected chi connectivity index (χ3v) is 6.27. The predicted octanol–water partition coefficient (Wildman–Crippen LogP) is 3.32. The van der Waals surface area contributed by atoms with Crippen molar-refractivity contribution in [3.63, 3.8) is 0 Å². The smallest absolute Gasteiger partial charge is 0.302 e. The van der Waals surface area contributed by atoms with Crippen LogP contribution < -0.4 is 21.9 Å². The summed E-state index contributed by atoms with van der Waals surface area (Å²) in [5.41, 5.74) is 5.36. The van der Waals surface area contributed by atoms with E-state index in [1.165, 1.54) is 28.8 Å². The number of hydrogen-bond acceptors (Lipinski definition) is 2. The average molecular weight is 465 g/mol. The van der Waals surface area contributed by atoms with Crippen molar-refractivity contribution in [2.45, 2.75) is 6.92 Å². The maximum atomic E-state index is 10.3. The minimum absolute atomic E-state index is 0.201. The van der Waals surface area contributed by atoms with E-state index in [0.717, 1.165) is 11.0 Å². The predicted molar refractivity (Wildman–Crippen MR) is 150 cm³/mol. The van der Waals surface area contributed by atoms with Gasteiger partial charge in [-0.25, -0.2) is 0 Å². The first-order valence-corrected chi connectivity index (χ1v) is 12.2. The molecular weight excluding hydrogens is 429 g/mol. The van der Waals surface area contributed by atoms with Crippen molar-refractivity contribution in [2.24, 2.45) is 0 Å². The molecule has 0 N–H and O–H groups in total. The van der Waals surface area contributed by atoms with E-state index in [1.807, 2.05) is 0 Å². The quantitative estimate of drug-likeness (QED) is 0.238. The molecule has 4 aromatic carbocycles. The van der Waals surface area contributed by atoms with Crippen molar-refractivity contribution in [2.75, 3.05) is 34.3 Å². The lowest BCUT2D eigenvalue weighted by molar-refractivity contribution is -0.870. The molecule has 0 unspecified atom stereocenters. The number of nitrogens with zero attached hydrogens (tertiary/aromatic N) is 1. The van der Waals surface area contributed by atoms with Crippen LogP contribution in [0.2, 0.25) is 0 Å². The third kappa shape index (κ3) is 6.94. The van der Waals surface area contributed by atoms with Gasteiger partial charge < -0.3 is 9.22 Å². The zero-order valence-corrected chi connectivity index (χ0v) is 21.3. The Morgan fingerprint density at radius 2 is 0.886 bits per heavy atom. The van der Waals surface area contributed by atoms with Crippen LogP contribution in [-0.2, 0) is 9.53 Å². The first kappa shape index (κ1) is 26.0. The first-order chi connectivity index (χ1) is 16.8. The van der Waals surface area contributed by atoms with Crippen LogP contribution in [-0.4, -0.2) is 50.9 Å². The number of carbonyl (C=O) groups excluding carboxylic acids is 1. The number of benzene rings is 4. The average Bonchev–Trinajstić information content (AvgIpc) is 2.87. The number of esters is 1. The van der Waals surface area contributed by atoms with Crippen LogP contribution in [0, 0.1) is 0 Å². The van der Waals surface area contributed by atoms with Crippen LogP contribution in [0.3, 0.4) is 0 Å². The van der Waals surface area contributed by atoms with E-state index in [4.69, 9.17) is 4.74 Å². The van der Waals surface area contributed by atoms with Crippen molar-refractivity contribution < 1.29 is 14.0 Å². The fourth-order valence-electron chi connectivity index (χ4n) is 4.58. The van der Waals surface area contributed by atoms with Gasteiger partial charge in [0.25, 0.3) is 0 Å². The second-order valence-corrected chi connectivity index (χ2v) is 9.86. The van der Waals surface area contributed by atoms with Gasteiger partial charge in [-0.2, -0.15) is 21.9 Å². The van der Waals surface area contributed by atoms with E-state index in [0.29, 0.717) is 6.61 Å². The van der Waals surface area contributed by atoms with E-state index in [1.54, 1.807) is 0 Å². The van der Waals surface area contributed by atoms with Gasteiger partial charge in [0.2, 0.25) is 0 Å². The lowest BCUT2D eigenvalue weighted by Gasteiger charge is -2.44. The molecule has 0 radical (unpaired) electrons. The molecule has 0 bridgehead atoms. The Morgan fingerprint density at radius 1 is 0.600 bits per heavy atom. The molecular formula is C31H36BNO2. The molecule has 0 saturated heterocycles. The van der Waals surface area contributed by atoms with Gasteiger partial charge in [-0.05, 0) is 0 Å². The van der Waals surface area contributed by atoms with Crippen molar-refractivity contribution in [1.29, 1.82) is 0 Å². The van der Waals surface area contributed by atoms with Gasteiger partial charge >= 0.3 is 5.97 Å². The van der Waals surface area contributed by atoms with Crippen molar-refractivity contribution >= 4 is 34.0 Å². The molecule has 0 aliphatic carbocycles. The van der Waals surface area contributed by atoms with E-state index >= 15 is 0 Å². The molecule has 0 atom stereocenters. The summed E-state index contributed by atoms with van der Waals surface area (Å²) in [6.07, 6.45) is -1.22. The fraction of sp³-hybridized carbons (Fsp3) is 0.194. The highest BCUT2D eigenvalue weighted by atomic mass is 16.5. The molecule has 3 nitrogen and oxygen atoms in total. The second-order valence-electron chi connectivity index (χ2n) is 9.86. The molecule has 0 saturated carbocycles. The van der Waals surface area contributed by atoms with Crippen molar-refractivity contribution in [1.82, 2.24) is 0 Å². The SMILES string of the molecule is CC(=O)OCC[N+](C)(C)C.c1ccc([B-](c2ccccc2)(c2ccccc2)c2ccccc2)cc1. The van der Waals surface area contributed by atoms with E-state index in [-0.39, 0.29) is 5.97 Å². The maximum Gasteiger partial charge on any atom is 0.302 e. The summed E-state index contributed by atoms with van der Waals surface area (Å²) in [4.78, 5) is 10.3. The highest BCUT2D eigenvalue weighted by Gasteiger charge is 2.31. The lowest BCUT2D eigenvalue weighted by Crippen LogP contribution is -2.74. The molecule has 0 aliphatic heterocycles. The molecule has 4 aromatic rings. The largest absolute Gasteiger partial charge is 0.460 e. The Balaban J connectivity index is 0.000000292. The second kappa shape index (κ2) is 12.2. The molecule has 0 spiro atoms. The third-order valence-electron chi connectivity index (χ3n) is 6.27. The summed E-state index contributed by atoms with van der Waals surface area (Å²) in [6.45, 7) is 2.80. The van der Waals surface area contributed by atoms with E-state index in [2.05, 4.69) is 142 Å². The number of ether oxygens (including phenoxy) is 1. The molecule has 0 fully saturated rings. The molecule has 4 heteroatoms. The number of rotatable bonds is 7. The zero-order chi connectivity index (χ0) is 25.2. The number of carbonyl (C=O) groups is 1. The molecule has 0 aliphatic rings. The Kier molecular flexibility index (Phi) is 9.05. The number of quaternary nitrogens is 1. The highest BCUT2D eigenvalue weighted by molar-refractivity contribution is 7.19. The van der Waals surface area contributed by atoms with Gasteiger partial charge in [0.05, 0.1) is 21.1 Å². The van der Waals surface area contributed by atoms with Crippen molar-refractivity contribution in [3.8, 4) is 0 Å². The van der Waals surface area contributed by atoms with Crippen LogP contribution in [0.4, 0.5) is 0 Å². The lowest BCUT2D eigenvalue weighted by atomic mass is 9.13. The van der Waals surface area contributed by atoms with Crippen molar-refractivity contribution in [3.05, 3.63) is 121 Å². The molecule has 0 heterocycles. The van der Waals surface area contributed by atoms with Crippen LogP contribution >= 0.6 is 0 Å². The summed E-state index contributed by atoms with van der Waals surface area (Å²) in [6, 6.07) is 43.5. The van der Waals surface area contributed by atoms with Gasteiger partial charge in [0.1, 0.15) is 19.3 Å². The normalized spacial score (nSPS) is 11.2. The minimum atomic E-state index is -1.22. The Morgan fingerprint density at radius 3 is 1.11 bits per heavy atom. The van der Waals surface area contributed by atoms with E-state index in [9.17, 15) is 4.79 Å². The summed E-state index contributed by atoms with van der Waals surface area (Å²) < 4.78 is 5.59. The summed E-state index contributed by atoms with van der Waals surface area (Å²) in [7, 11) is 6.18. The molecule has 0 amide bonds. The zero-order valence-electron chi connectivity index (χ0n) is 21.3. The van der Waals surface area contributed by atoms with Gasteiger partial charge in [0.15, 0.2) is 0 Å². The standard InChI is InChI=1S/C24H20B.C7H16NO2/c1-5-13-21(14-6-1)25(22-15-7-2-8-16-22,23-17-9-3-10-18-23)24-19-11-4-12-20-24;1-7(9)10-6-5-8(2,3)4/h1-20H;5-6H2,1-4H3/q-1;+1. The van der Waals surface area contributed by atoms with Crippen LogP contribution in [0.15, 0.2) is 121 Å². The monoisotopic (exact) mass is 465 g/mol. The van der Waals surface area contributed by atoms with Gasteiger partial charge in [-0.1, -0.05) is 121 Å². The topological polar surface area (TPSA) is 26.3 Å². The summed E-state index contributed by atoms with van der Waals surface area (Å²) >= 11 is 0. The van der Waals surface area contributed by atoms with E-state index < -0.39 is 6.15 Å². The minimum Gasteiger partial charge on any atom is -0.460 e. The van der Waals surface area contributed by atoms with Crippen LogP contribution in [0.25, 0.3) is 0 Å². The molecule has 4 rings (SSSR count).